The molecule has 1 aliphatic heterocycles. The van der Waals surface area contributed by atoms with E-state index in [0.717, 1.165) is 27.2 Å². The second-order valence-electron chi connectivity index (χ2n) is 10.6. The third kappa shape index (κ3) is 3.64. The summed E-state index contributed by atoms with van der Waals surface area (Å²) in [5, 5.41) is 15.8. The van der Waals surface area contributed by atoms with E-state index >= 15 is 0 Å². The van der Waals surface area contributed by atoms with Gasteiger partial charge in [0.2, 0.25) is 11.8 Å². The highest BCUT2D eigenvalue weighted by molar-refractivity contribution is 6.25. The highest BCUT2D eigenvalue weighted by atomic mass is 16.6. The van der Waals surface area contributed by atoms with Crippen LogP contribution in [0.3, 0.4) is 0 Å². The number of anilines is 1. The molecule has 212 valence electrons. The summed E-state index contributed by atoms with van der Waals surface area (Å²) in [7, 11) is 1.33. The molecule has 3 aliphatic carbocycles. The zero-order valence-electron chi connectivity index (χ0n) is 22.7. The molecule has 4 aromatic rings. The minimum atomic E-state index is -1.20. The number of hydrogen-bond acceptors (Lipinski definition) is 8. The zero-order chi connectivity index (χ0) is 29.9. The first kappa shape index (κ1) is 26.2. The molecule has 8 rings (SSSR count). The van der Waals surface area contributed by atoms with Gasteiger partial charge in [0, 0.05) is 30.6 Å². The van der Waals surface area contributed by atoms with Gasteiger partial charge in [0.05, 0.1) is 46.6 Å². The minimum Gasteiger partial charge on any atom is -0.494 e. The SMILES string of the molecule is COc1cc([N+](=O)[O-])ccc1N1C(=O)C2C3c4ccccc4C(/C=N/NC(=O)c4cccnc4)(c4ccccc43)C2C1=O. The second-order valence-corrected chi connectivity index (χ2v) is 10.6. The average Bonchev–Trinajstić information content (AvgIpc) is 3.31. The number of ether oxygens (including phenoxy) is 1. The number of pyridine rings is 1. The van der Waals surface area contributed by atoms with Crippen molar-refractivity contribution in [3.8, 4) is 5.75 Å². The van der Waals surface area contributed by atoms with Crippen molar-refractivity contribution in [2.45, 2.75) is 11.3 Å². The summed E-state index contributed by atoms with van der Waals surface area (Å²) in [6, 6.07) is 22.3. The number of amides is 3. The molecule has 11 heteroatoms. The standard InChI is InChI=1S/C32H23N5O6/c1-43-25-15-19(37(41)42)12-13-24(25)36-30(39)27-26-20-8-2-4-10-22(20)32(28(27)31(36)40,23-11-5-3-9-21(23)26)17-34-35-29(38)18-7-6-14-33-16-18/h2-17,26-28H,1H3,(H,35,38)/b34-17+. The van der Waals surface area contributed by atoms with Crippen molar-refractivity contribution in [3.05, 3.63) is 129 Å². The molecule has 2 unspecified atom stereocenters. The summed E-state index contributed by atoms with van der Waals surface area (Å²) < 4.78 is 5.42. The number of hydrazone groups is 1. The molecule has 43 heavy (non-hydrogen) atoms. The van der Waals surface area contributed by atoms with Crippen LogP contribution in [-0.4, -0.2) is 41.0 Å². The molecule has 1 saturated heterocycles. The van der Waals surface area contributed by atoms with Crippen LogP contribution in [0, 0.1) is 22.0 Å². The number of carbonyl (C=O) groups excluding carboxylic acids is 3. The summed E-state index contributed by atoms with van der Waals surface area (Å²) in [4.78, 5) is 57.6. The summed E-state index contributed by atoms with van der Waals surface area (Å²) in [6.07, 6.45) is 4.54. The van der Waals surface area contributed by atoms with Gasteiger partial charge in [-0.25, -0.2) is 10.3 Å². The van der Waals surface area contributed by atoms with Crippen LogP contribution >= 0.6 is 0 Å². The van der Waals surface area contributed by atoms with Crippen LogP contribution in [0.5, 0.6) is 5.75 Å². The molecule has 11 nitrogen and oxygen atoms in total. The predicted octanol–water partition coefficient (Wildman–Crippen LogP) is 3.97. The van der Waals surface area contributed by atoms with E-state index in [2.05, 4.69) is 15.5 Å². The van der Waals surface area contributed by atoms with Gasteiger partial charge >= 0.3 is 0 Å². The number of methoxy groups -OCH3 is 1. The lowest BCUT2D eigenvalue weighted by molar-refractivity contribution is -0.384. The normalized spacial score (nSPS) is 23.1. The van der Waals surface area contributed by atoms with Crippen molar-refractivity contribution in [1.82, 2.24) is 10.4 Å². The van der Waals surface area contributed by atoms with Gasteiger partial charge in [-0.1, -0.05) is 48.5 Å². The van der Waals surface area contributed by atoms with Crippen LogP contribution < -0.4 is 15.1 Å². The highest BCUT2D eigenvalue weighted by Crippen LogP contribution is 2.64. The molecule has 0 radical (unpaired) electrons. The highest BCUT2D eigenvalue weighted by Gasteiger charge is 2.68. The Balaban J connectivity index is 1.41. The van der Waals surface area contributed by atoms with Gasteiger partial charge in [-0.15, -0.1) is 0 Å². The number of carbonyl (C=O) groups is 3. The van der Waals surface area contributed by atoms with Crippen molar-refractivity contribution in [1.29, 1.82) is 0 Å². The van der Waals surface area contributed by atoms with Crippen LogP contribution in [0.4, 0.5) is 11.4 Å². The van der Waals surface area contributed by atoms with Gasteiger partial charge in [0.25, 0.3) is 11.6 Å². The molecular weight excluding hydrogens is 550 g/mol. The number of aromatic nitrogens is 1. The predicted molar refractivity (Wildman–Crippen MR) is 155 cm³/mol. The van der Waals surface area contributed by atoms with Crippen LogP contribution in [0.25, 0.3) is 0 Å². The van der Waals surface area contributed by atoms with Gasteiger partial charge in [-0.2, -0.15) is 5.10 Å². The van der Waals surface area contributed by atoms with Crippen LogP contribution in [0.2, 0.25) is 0 Å². The monoisotopic (exact) mass is 573 g/mol. The van der Waals surface area contributed by atoms with Crippen molar-refractivity contribution < 1.29 is 24.0 Å². The molecule has 0 saturated carbocycles. The lowest BCUT2D eigenvalue weighted by Crippen LogP contribution is -2.54. The lowest BCUT2D eigenvalue weighted by atomic mass is 9.47. The molecule has 1 N–H and O–H groups in total. The third-order valence-corrected chi connectivity index (χ3v) is 8.66. The Kier molecular flexibility index (Phi) is 5.91. The van der Waals surface area contributed by atoms with Crippen molar-refractivity contribution in [2.24, 2.45) is 16.9 Å². The number of hydrogen-bond donors (Lipinski definition) is 1. The van der Waals surface area contributed by atoms with E-state index in [1.54, 1.807) is 24.5 Å². The molecule has 1 aromatic heterocycles. The van der Waals surface area contributed by atoms with Gasteiger partial charge in [0.15, 0.2) is 0 Å². The minimum absolute atomic E-state index is 0.0309. The quantitative estimate of drug-likeness (QED) is 0.159. The first-order valence-corrected chi connectivity index (χ1v) is 13.5. The van der Waals surface area contributed by atoms with E-state index in [4.69, 9.17) is 4.74 Å². The maximum Gasteiger partial charge on any atom is 0.273 e. The smallest absolute Gasteiger partial charge is 0.273 e. The van der Waals surface area contributed by atoms with E-state index in [1.165, 1.54) is 31.5 Å². The van der Waals surface area contributed by atoms with Crippen molar-refractivity contribution >= 4 is 35.3 Å². The molecule has 2 bridgehead atoms. The fourth-order valence-electron chi connectivity index (χ4n) is 7.01. The van der Waals surface area contributed by atoms with Crippen molar-refractivity contribution in [3.63, 3.8) is 0 Å². The Morgan fingerprint density at radius 3 is 2.35 bits per heavy atom. The Hall–Kier alpha value is -5.71. The van der Waals surface area contributed by atoms with E-state index in [-0.39, 0.29) is 17.1 Å². The van der Waals surface area contributed by atoms with Crippen LogP contribution in [0.1, 0.15) is 38.5 Å². The number of rotatable bonds is 6. The number of benzene rings is 3. The molecule has 0 spiro atoms. The third-order valence-electron chi connectivity index (χ3n) is 8.66. The fourth-order valence-corrected chi connectivity index (χ4v) is 7.01. The van der Waals surface area contributed by atoms with Crippen LogP contribution in [0.15, 0.2) is 96.4 Å². The maximum absolute atomic E-state index is 14.5. The maximum atomic E-state index is 14.5. The topological polar surface area (TPSA) is 144 Å². The zero-order valence-corrected chi connectivity index (χ0v) is 22.7. The summed E-state index contributed by atoms with van der Waals surface area (Å²) in [5.41, 5.74) is 4.99. The first-order valence-electron chi connectivity index (χ1n) is 13.5. The molecule has 2 atom stereocenters. The second kappa shape index (κ2) is 9.69. The van der Waals surface area contributed by atoms with E-state index in [9.17, 15) is 24.5 Å². The number of nitro benzene ring substituents is 1. The number of nitro groups is 1. The molecule has 4 aliphatic rings. The number of nitrogens with one attached hydrogen (secondary N) is 1. The van der Waals surface area contributed by atoms with Gasteiger partial charge in [-0.3, -0.25) is 29.5 Å². The van der Waals surface area contributed by atoms with Crippen LogP contribution in [-0.2, 0) is 15.0 Å². The Morgan fingerprint density at radius 1 is 1.02 bits per heavy atom. The van der Waals surface area contributed by atoms with Gasteiger partial charge in [-0.05, 0) is 40.5 Å². The number of non-ortho nitro benzene ring substituents is 1. The van der Waals surface area contributed by atoms with E-state index in [1.807, 2.05) is 48.5 Å². The number of imide groups is 1. The fraction of sp³-hybridized carbons (Fsp3) is 0.156. The summed E-state index contributed by atoms with van der Waals surface area (Å²) >= 11 is 0. The van der Waals surface area contributed by atoms with Gasteiger partial charge in [0.1, 0.15) is 5.75 Å². The summed E-state index contributed by atoms with van der Waals surface area (Å²) in [5.74, 6) is -3.48. The molecule has 1 fully saturated rings. The summed E-state index contributed by atoms with van der Waals surface area (Å²) in [6.45, 7) is 0. The number of nitrogens with zero attached hydrogens (tertiary/aromatic N) is 4. The Labute approximate surface area is 245 Å². The molecule has 3 amide bonds. The Bertz CT molecular complexity index is 1830. The Morgan fingerprint density at radius 2 is 1.72 bits per heavy atom. The molecular formula is C32H23N5O6. The molecule has 2 heterocycles. The average molecular weight is 574 g/mol. The molecule has 3 aromatic carbocycles. The van der Waals surface area contributed by atoms with E-state index in [0.29, 0.717) is 5.56 Å². The lowest BCUT2D eigenvalue weighted by Gasteiger charge is -2.52. The van der Waals surface area contributed by atoms with Crippen molar-refractivity contribution in [2.75, 3.05) is 12.0 Å². The van der Waals surface area contributed by atoms with E-state index < -0.39 is 45.8 Å². The largest absolute Gasteiger partial charge is 0.494 e. The van der Waals surface area contributed by atoms with Gasteiger partial charge < -0.3 is 4.74 Å². The first-order chi connectivity index (χ1) is 20.9.